The van der Waals surface area contributed by atoms with Gasteiger partial charge in [0.15, 0.2) is 5.78 Å². The fourth-order valence-corrected chi connectivity index (χ4v) is 3.44. The highest BCUT2D eigenvalue weighted by atomic mass is 19.4. The van der Waals surface area contributed by atoms with Gasteiger partial charge in [-0.1, -0.05) is 0 Å². The van der Waals surface area contributed by atoms with Gasteiger partial charge in [0, 0.05) is 30.2 Å². The number of carbonyl (C=O) groups excluding carboxylic acids is 2. The molecule has 0 saturated carbocycles. The van der Waals surface area contributed by atoms with E-state index in [0.29, 0.717) is 11.3 Å². The molecule has 1 heterocycles. The summed E-state index contributed by atoms with van der Waals surface area (Å²) < 4.78 is 49.6. The van der Waals surface area contributed by atoms with Crippen LogP contribution in [0.5, 0.6) is 17.2 Å². The Morgan fingerprint density at radius 1 is 1.18 bits per heavy atom. The predicted molar refractivity (Wildman–Crippen MR) is 126 cm³/mol. The van der Waals surface area contributed by atoms with Gasteiger partial charge >= 0.3 is 6.18 Å². The van der Waals surface area contributed by atoms with Crippen LogP contribution in [0.4, 0.5) is 18.9 Å². The standard InChI is InChI=1S/C24H23F3N6O5/c1-13-10-15(12-28)20(11-18(13)29-23(36)22-30-32-33-31-22)38-9-3-8-37-19-5-4-16(14(2)34)21(35)17(19)6-7-24(25,26)27/h4-5,10-11,35H,3,6-9H2,1-2H3,(H,29,36)(H,30,31,32,33). The summed E-state index contributed by atoms with van der Waals surface area (Å²) in [5.41, 5.74) is 0.986. The second-order valence-electron chi connectivity index (χ2n) is 8.14. The Kier molecular flexibility index (Phi) is 8.85. The second kappa shape index (κ2) is 12.0. The first-order valence-electron chi connectivity index (χ1n) is 11.3. The Hall–Kier alpha value is -4.67. The molecule has 11 nitrogen and oxygen atoms in total. The fraction of sp³-hybridized carbons (Fsp3) is 0.333. The lowest BCUT2D eigenvalue weighted by atomic mass is 10.0. The zero-order valence-electron chi connectivity index (χ0n) is 20.3. The number of ketones is 1. The third-order valence-corrected chi connectivity index (χ3v) is 5.34. The number of nitriles is 1. The number of halogens is 3. The normalized spacial score (nSPS) is 11.1. The minimum atomic E-state index is -4.46. The summed E-state index contributed by atoms with van der Waals surface area (Å²) in [5.74, 6) is -1.51. The van der Waals surface area contributed by atoms with Gasteiger partial charge in [0.05, 0.1) is 24.3 Å². The number of amides is 1. The molecule has 0 aliphatic carbocycles. The number of nitrogens with one attached hydrogen (secondary N) is 2. The Bertz CT molecular complexity index is 1350. The van der Waals surface area contributed by atoms with Crippen molar-refractivity contribution in [2.75, 3.05) is 18.5 Å². The lowest BCUT2D eigenvalue weighted by molar-refractivity contribution is -0.134. The van der Waals surface area contributed by atoms with E-state index < -0.39 is 36.5 Å². The van der Waals surface area contributed by atoms with Gasteiger partial charge in [-0.05, 0) is 54.5 Å². The number of nitrogens with zero attached hydrogens (tertiary/aromatic N) is 4. The second-order valence-corrected chi connectivity index (χ2v) is 8.14. The molecule has 2 aromatic carbocycles. The van der Waals surface area contributed by atoms with Crippen molar-refractivity contribution in [2.24, 2.45) is 0 Å². The molecule has 0 aliphatic heterocycles. The van der Waals surface area contributed by atoms with E-state index in [1.807, 2.05) is 6.07 Å². The monoisotopic (exact) mass is 532 g/mol. The Morgan fingerprint density at radius 2 is 1.89 bits per heavy atom. The smallest absolute Gasteiger partial charge is 0.389 e. The molecule has 0 spiro atoms. The van der Waals surface area contributed by atoms with Gasteiger partial charge < -0.3 is 19.9 Å². The lowest BCUT2D eigenvalue weighted by Gasteiger charge is -2.16. The number of hydrogen-bond donors (Lipinski definition) is 3. The van der Waals surface area contributed by atoms with Crippen LogP contribution in [0.2, 0.25) is 0 Å². The van der Waals surface area contributed by atoms with E-state index in [4.69, 9.17) is 9.47 Å². The van der Waals surface area contributed by atoms with Crippen LogP contribution in [0.15, 0.2) is 24.3 Å². The number of aromatic hydroxyl groups is 1. The van der Waals surface area contributed by atoms with E-state index >= 15 is 0 Å². The van der Waals surface area contributed by atoms with E-state index in [1.165, 1.54) is 31.2 Å². The van der Waals surface area contributed by atoms with Crippen molar-refractivity contribution >= 4 is 17.4 Å². The third-order valence-electron chi connectivity index (χ3n) is 5.34. The Labute approximate surface area is 214 Å². The molecule has 38 heavy (non-hydrogen) atoms. The molecule has 1 aromatic heterocycles. The number of phenols is 1. The number of benzene rings is 2. The number of carbonyl (C=O) groups is 2. The van der Waals surface area contributed by atoms with E-state index in [9.17, 15) is 33.1 Å². The molecule has 14 heteroatoms. The number of rotatable bonds is 11. The van der Waals surface area contributed by atoms with Crippen molar-refractivity contribution in [3.05, 3.63) is 52.3 Å². The minimum Gasteiger partial charge on any atom is -0.507 e. The molecule has 0 unspecified atom stereocenters. The summed E-state index contributed by atoms with van der Waals surface area (Å²) >= 11 is 0. The predicted octanol–water partition coefficient (Wildman–Crippen LogP) is 3.88. The van der Waals surface area contributed by atoms with Gasteiger partial charge in [0.25, 0.3) is 5.91 Å². The molecule has 0 atom stereocenters. The highest BCUT2D eigenvalue weighted by Gasteiger charge is 2.29. The maximum atomic E-state index is 12.8. The number of hydrogen-bond acceptors (Lipinski definition) is 9. The first-order valence-corrected chi connectivity index (χ1v) is 11.3. The van der Waals surface area contributed by atoms with Gasteiger partial charge in [-0.3, -0.25) is 9.59 Å². The topological polar surface area (TPSA) is 163 Å². The maximum Gasteiger partial charge on any atom is 0.389 e. The van der Waals surface area contributed by atoms with E-state index in [2.05, 4.69) is 25.9 Å². The van der Waals surface area contributed by atoms with Gasteiger partial charge in [0.1, 0.15) is 23.3 Å². The van der Waals surface area contributed by atoms with Gasteiger partial charge in [-0.2, -0.15) is 18.4 Å². The van der Waals surface area contributed by atoms with Crippen molar-refractivity contribution in [3.8, 4) is 23.3 Å². The first kappa shape index (κ1) is 27.9. The first-order chi connectivity index (χ1) is 18.0. The van der Waals surface area contributed by atoms with Crippen molar-refractivity contribution in [1.82, 2.24) is 20.6 Å². The fourth-order valence-electron chi connectivity index (χ4n) is 3.44. The van der Waals surface area contributed by atoms with Crippen molar-refractivity contribution in [1.29, 1.82) is 5.26 Å². The van der Waals surface area contributed by atoms with Crippen LogP contribution in [0, 0.1) is 18.3 Å². The molecule has 1 amide bonds. The number of phenolic OH excluding ortho intramolecular Hbond substituents is 1. The number of aryl methyl sites for hydroxylation is 1. The highest BCUT2D eigenvalue weighted by molar-refractivity contribution is 6.02. The Balaban J connectivity index is 1.64. The van der Waals surface area contributed by atoms with Crippen LogP contribution < -0.4 is 14.8 Å². The maximum absolute atomic E-state index is 12.8. The summed E-state index contributed by atoms with van der Waals surface area (Å²) in [6.07, 6.45) is -5.95. The van der Waals surface area contributed by atoms with Gasteiger partial charge in [0.2, 0.25) is 5.82 Å². The molecule has 0 fully saturated rings. The molecular weight excluding hydrogens is 509 g/mol. The largest absolute Gasteiger partial charge is 0.507 e. The van der Waals surface area contributed by atoms with E-state index in [0.717, 1.165) is 0 Å². The molecule has 0 bridgehead atoms. The zero-order valence-corrected chi connectivity index (χ0v) is 20.3. The van der Waals surface area contributed by atoms with Crippen molar-refractivity contribution in [2.45, 2.75) is 39.3 Å². The summed E-state index contributed by atoms with van der Waals surface area (Å²) in [6.45, 7) is 2.96. The number of anilines is 1. The highest BCUT2D eigenvalue weighted by Crippen LogP contribution is 2.35. The third kappa shape index (κ3) is 7.19. The minimum absolute atomic E-state index is 0.00765. The summed E-state index contributed by atoms with van der Waals surface area (Å²) in [6, 6.07) is 7.65. The van der Waals surface area contributed by atoms with E-state index in [-0.39, 0.29) is 53.6 Å². The average Bonchev–Trinajstić information content (AvgIpc) is 3.39. The molecule has 200 valence electrons. The molecule has 3 N–H and O–H groups in total. The van der Waals surface area contributed by atoms with Crippen LogP contribution in [0.1, 0.15) is 57.4 Å². The molecule has 0 radical (unpaired) electrons. The Morgan fingerprint density at radius 3 is 2.50 bits per heavy atom. The molecule has 3 aromatic rings. The number of H-pyrrole nitrogens is 1. The quantitative estimate of drug-likeness (QED) is 0.246. The molecule has 3 rings (SSSR count). The van der Waals surface area contributed by atoms with Crippen LogP contribution in [0.25, 0.3) is 0 Å². The molecular formula is C24H23F3N6O5. The average molecular weight is 532 g/mol. The lowest BCUT2D eigenvalue weighted by Crippen LogP contribution is -2.15. The van der Waals surface area contributed by atoms with Crippen molar-refractivity contribution in [3.63, 3.8) is 0 Å². The van der Waals surface area contributed by atoms with Crippen LogP contribution in [-0.4, -0.2) is 56.8 Å². The van der Waals surface area contributed by atoms with Gasteiger partial charge in [-0.25, -0.2) is 5.10 Å². The number of tetrazole rings is 1. The van der Waals surface area contributed by atoms with E-state index in [1.54, 1.807) is 6.92 Å². The number of aromatic nitrogens is 4. The van der Waals surface area contributed by atoms with Crippen LogP contribution >= 0.6 is 0 Å². The number of aromatic amines is 1. The SMILES string of the molecule is CC(=O)c1ccc(OCCCOc2cc(NC(=O)c3nnn[nH]3)c(C)cc2C#N)c(CCC(F)(F)F)c1O. The van der Waals surface area contributed by atoms with Crippen molar-refractivity contribution < 1.29 is 37.3 Å². The number of ether oxygens (including phenoxy) is 2. The molecule has 0 aliphatic rings. The summed E-state index contributed by atoms with van der Waals surface area (Å²) in [5, 5.41) is 34.9. The zero-order chi connectivity index (χ0) is 27.9. The molecule has 0 saturated heterocycles. The summed E-state index contributed by atoms with van der Waals surface area (Å²) in [7, 11) is 0. The number of Topliss-reactive ketones (excluding diaryl/α,β-unsaturated/α-hetero) is 1. The van der Waals surface area contributed by atoms with Crippen LogP contribution in [0.3, 0.4) is 0 Å². The summed E-state index contributed by atoms with van der Waals surface area (Å²) in [4.78, 5) is 23.9. The van der Waals surface area contributed by atoms with Gasteiger partial charge in [-0.15, -0.1) is 5.10 Å². The number of alkyl halides is 3. The van der Waals surface area contributed by atoms with Crippen LogP contribution in [-0.2, 0) is 6.42 Å².